The number of aliphatic imine (C=N–C) groups is 1. The van der Waals surface area contributed by atoms with Crippen LogP contribution in [0, 0.1) is 5.82 Å². The van der Waals surface area contributed by atoms with Gasteiger partial charge in [-0.3, -0.25) is 0 Å². The predicted molar refractivity (Wildman–Crippen MR) is 62.2 cm³/mol. The van der Waals surface area contributed by atoms with E-state index in [1.54, 1.807) is 18.3 Å². The van der Waals surface area contributed by atoms with Crippen LogP contribution in [-0.4, -0.2) is 11.4 Å². The van der Waals surface area contributed by atoms with E-state index in [0.29, 0.717) is 5.88 Å². The van der Waals surface area contributed by atoms with Crippen LogP contribution in [0.5, 0.6) is 0 Å². The highest BCUT2D eigenvalue weighted by Gasteiger charge is 2.20. The number of aromatic nitrogens is 1. The van der Waals surface area contributed by atoms with Gasteiger partial charge >= 0.3 is 0 Å². The zero-order chi connectivity index (χ0) is 11.7. The normalized spacial score (nSPS) is 14.4. The molecule has 0 amide bonds. The van der Waals surface area contributed by atoms with Crippen molar-refractivity contribution in [3.8, 4) is 0 Å². The van der Waals surface area contributed by atoms with E-state index in [-0.39, 0.29) is 5.82 Å². The summed E-state index contributed by atoms with van der Waals surface area (Å²) in [5, 5.41) is 3.97. The van der Waals surface area contributed by atoms with Gasteiger partial charge in [-0.15, -0.1) is 0 Å². The maximum absolute atomic E-state index is 12.7. The molecule has 2 aromatic rings. The summed E-state index contributed by atoms with van der Waals surface area (Å²) in [7, 11) is 0. The van der Waals surface area contributed by atoms with Gasteiger partial charge in [0.2, 0.25) is 0 Å². The van der Waals surface area contributed by atoms with Crippen LogP contribution in [0.1, 0.15) is 23.2 Å². The molecule has 3 rings (SSSR count). The van der Waals surface area contributed by atoms with Crippen LogP contribution in [0.4, 0.5) is 10.3 Å². The number of benzene rings is 1. The van der Waals surface area contributed by atoms with Gasteiger partial charge in [-0.25, -0.2) is 9.38 Å². The summed E-state index contributed by atoms with van der Waals surface area (Å²) in [6.07, 6.45) is 4.74. The molecule has 0 radical (unpaired) electrons. The molecule has 1 aromatic carbocycles. The molecule has 86 valence electrons. The first-order chi connectivity index (χ1) is 8.33. The molecular formula is C13H11FN2O. The molecule has 1 aromatic heterocycles. The Hall–Kier alpha value is -1.97. The van der Waals surface area contributed by atoms with Crippen LogP contribution in [-0.2, 0) is 12.8 Å². The Morgan fingerprint density at radius 3 is 2.88 bits per heavy atom. The molecule has 17 heavy (non-hydrogen) atoms. The number of hydrogen-bond acceptors (Lipinski definition) is 3. The summed E-state index contributed by atoms with van der Waals surface area (Å²) in [5.74, 6) is 0.338. The van der Waals surface area contributed by atoms with Crippen LogP contribution in [0.25, 0.3) is 0 Å². The summed E-state index contributed by atoms with van der Waals surface area (Å²) in [5.41, 5.74) is 2.98. The Balaban J connectivity index is 1.84. The lowest BCUT2D eigenvalue weighted by Gasteiger charge is -1.92. The van der Waals surface area contributed by atoms with Gasteiger partial charge < -0.3 is 4.52 Å². The molecule has 0 saturated carbocycles. The molecule has 0 spiro atoms. The maximum atomic E-state index is 12.7. The van der Waals surface area contributed by atoms with Gasteiger partial charge in [0.1, 0.15) is 5.82 Å². The molecule has 0 aliphatic heterocycles. The van der Waals surface area contributed by atoms with Crippen LogP contribution >= 0.6 is 0 Å². The van der Waals surface area contributed by atoms with E-state index in [2.05, 4.69) is 10.1 Å². The van der Waals surface area contributed by atoms with Gasteiger partial charge in [-0.1, -0.05) is 17.3 Å². The van der Waals surface area contributed by atoms with E-state index >= 15 is 0 Å². The van der Waals surface area contributed by atoms with Gasteiger partial charge in [-0.2, -0.15) is 0 Å². The molecule has 0 atom stereocenters. The minimum absolute atomic E-state index is 0.247. The third kappa shape index (κ3) is 1.98. The van der Waals surface area contributed by atoms with E-state index in [1.165, 1.54) is 12.1 Å². The molecule has 0 unspecified atom stereocenters. The first kappa shape index (κ1) is 10.2. The fourth-order valence-corrected chi connectivity index (χ4v) is 2.00. The van der Waals surface area contributed by atoms with E-state index in [4.69, 9.17) is 4.52 Å². The second-order valence-corrected chi connectivity index (χ2v) is 4.08. The maximum Gasteiger partial charge on any atom is 0.253 e. The minimum atomic E-state index is -0.247. The van der Waals surface area contributed by atoms with E-state index < -0.39 is 0 Å². The van der Waals surface area contributed by atoms with Crippen LogP contribution in [0.2, 0.25) is 0 Å². The van der Waals surface area contributed by atoms with Crippen LogP contribution in [0.3, 0.4) is 0 Å². The third-order valence-electron chi connectivity index (χ3n) is 2.89. The highest BCUT2D eigenvalue weighted by atomic mass is 19.1. The van der Waals surface area contributed by atoms with E-state index in [0.717, 1.165) is 36.1 Å². The number of hydrogen-bond donors (Lipinski definition) is 0. The monoisotopic (exact) mass is 230 g/mol. The number of aryl methyl sites for hydroxylation is 1. The van der Waals surface area contributed by atoms with Gasteiger partial charge in [0.25, 0.3) is 5.88 Å². The molecule has 3 nitrogen and oxygen atoms in total. The van der Waals surface area contributed by atoms with E-state index in [1.807, 2.05) is 0 Å². The van der Waals surface area contributed by atoms with Crippen molar-refractivity contribution in [2.75, 3.05) is 0 Å². The fraction of sp³-hybridized carbons (Fsp3) is 0.231. The molecule has 0 fully saturated rings. The van der Waals surface area contributed by atoms with Crippen LogP contribution in [0.15, 0.2) is 33.8 Å². The third-order valence-corrected chi connectivity index (χ3v) is 2.89. The second-order valence-electron chi connectivity index (χ2n) is 4.08. The van der Waals surface area contributed by atoms with Crippen molar-refractivity contribution in [2.24, 2.45) is 4.99 Å². The summed E-state index contributed by atoms with van der Waals surface area (Å²) >= 11 is 0. The first-order valence-corrected chi connectivity index (χ1v) is 5.60. The summed E-state index contributed by atoms with van der Waals surface area (Å²) < 4.78 is 17.9. The van der Waals surface area contributed by atoms with Crippen molar-refractivity contribution in [3.05, 3.63) is 46.9 Å². The quantitative estimate of drug-likeness (QED) is 0.744. The van der Waals surface area contributed by atoms with Gasteiger partial charge in [0, 0.05) is 11.8 Å². The summed E-state index contributed by atoms with van der Waals surface area (Å²) in [6.45, 7) is 0. The Kier molecular flexibility index (Phi) is 2.48. The van der Waals surface area contributed by atoms with Crippen molar-refractivity contribution in [1.82, 2.24) is 5.16 Å². The molecule has 1 aliphatic rings. The number of fused-ring (bicyclic) bond motifs is 1. The van der Waals surface area contributed by atoms with Crippen molar-refractivity contribution < 1.29 is 8.91 Å². The average molecular weight is 230 g/mol. The highest BCUT2D eigenvalue weighted by Crippen LogP contribution is 2.30. The number of halogens is 1. The summed E-state index contributed by atoms with van der Waals surface area (Å²) in [4.78, 5) is 4.26. The Labute approximate surface area is 98.0 Å². The standard InChI is InChI=1S/C13H11FN2O/c14-10-6-4-9(5-7-10)8-15-13-11-2-1-3-12(11)16-17-13/h4-8H,1-3H2/b15-8-. The van der Waals surface area contributed by atoms with E-state index in [9.17, 15) is 4.39 Å². The minimum Gasteiger partial charge on any atom is -0.336 e. The van der Waals surface area contributed by atoms with Crippen LogP contribution < -0.4 is 0 Å². The molecular weight excluding hydrogens is 219 g/mol. The zero-order valence-corrected chi connectivity index (χ0v) is 9.19. The second kappa shape index (κ2) is 4.13. The average Bonchev–Trinajstić information content (AvgIpc) is 2.91. The molecule has 0 N–H and O–H groups in total. The van der Waals surface area contributed by atoms with Crippen molar-refractivity contribution in [2.45, 2.75) is 19.3 Å². The fourth-order valence-electron chi connectivity index (χ4n) is 2.00. The predicted octanol–water partition coefficient (Wildman–Crippen LogP) is 3.05. The molecule has 4 heteroatoms. The highest BCUT2D eigenvalue weighted by molar-refractivity contribution is 5.81. The lowest BCUT2D eigenvalue weighted by molar-refractivity contribution is 0.419. The first-order valence-electron chi connectivity index (χ1n) is 5.60. The molecule has 1 heterocycles. The Morgan fingerprint density at radius 2 is 2.06 bits per heavy atom. The Morgan fingerprint density at radius 1 is 1.24 bits per heavy atom. The van der Waals surface area contributed by atoms with Gasteiger partial charge in [0.05, 0.1) is 5.69 Å². The van der Waals surface area contributed by atoms with Crippen molar-refractivity contribution in [3.63, 3.8) is 0 Å². The molecule has 1 aliphatic carbocycles. The van der Waals surface area contributed by atoms with Gasteiger partial charge in [-0.05, 0) is 37.0 Å². The smallest absolute Gasteiger partial charge is 0.253 e. The van der Waals surface area contributed by atoms with Gasteiger partial charge in [0.15, 0.2) is 0 Å². The molecule has 0 saturated heterocycles. The van der Waals surface area contributed by atoms with Crippen molar-refractivity contribution >= 4 is 12.1 Å². The number of nitrogens with zero attached hydrogens (tertiary/aromatic N) is 2. The lowest BCUT2D eigenvalue weighted by atomic mass is 10.2. The SMILES string of the molecule is Fc1ccc(/C=N\c2onc3c2CCC3)cc1. The largest absolute Gasteiger partial charge is 0.336 e. The molecule has 0 bridgehead atoms. The lowest BCUT2D eigenvalue weighted by Crippen LogP contribution is -1.81. The number of rotatable bonds is 2. The topological polar surface area (TPSA) is 38.4 Å². The zero-order valence-electron chi connectivity index (χ0n) is 9.19. The van der Waals surface area contributed by atoms with Crippen molar-refractivity contribution in [1.29, 1.82) is 0 Å². The Bertz CT molecular complexity index is 557. The summed E-state index contributed by atoms with van der Waals surface area (Å²) in [6, 6.07) is 6.17.